The number of pyridine rings is 2. The number of amides is 2. The molecule has 3 aromatic rings. The summed E-state index contributed by atoms with van der Waals surface area (Å²) in [6.45, 7) is 4.78. The summed E-state index contributed by atoms with van der Waals surface area (Å²) in [4.78, 5) is 34.6. The highest BCUT2D eigenvalue weighted by molar-refractivity contribution is 6.03. The molecule has 160 valence electrons. The van der Waals surface area contributed by atoms with Crippen molar-refractivity contribution in [2.75, 3.05) is 35.8 Å². The van der Waals surface area contributed by atoms with E-state index in [0.29, 0.717) is 17.5 Å². The van der Waals surface area contributed by atoms with Crippen molar-refractivity contribution in [3.05, 3.63) is 48.5 Å². The van der Waals surface area contributed by atoms with E-state index in [2.05, 4.69) is 25.2 Å². The molecular weight excluding hydrogens is 394 g/mol. The number of hydrogen-bond acceptors (Lipinski definition) is 7. The van der Waals surface area contributed by atoms with Crippen LogP contribution in [0.15, 0.2) is 42.9 Å². The maximum Gasteiger partial charge on any atom is 0.329 e. The number of carbonyl (C=O) groups is 1. The van der Waals surface area contributed by atoms with Gasteiger partial charge in [-0.15, -0.1) is 0 Å². The van der Waals surface area contributed by atoms with Crippen LogP contribution < -0.4 is 19.9 Å². The van der Waals surface area contributed by atoms with Crippen molar-refractivity contribution >= 4 is 23.4 Å². The van der Waals surface area contributed by atoms with Gasteiger partial charge in [0.1, 0.15) is 0 Å². The molecule has 0 aromatic carbocycles. The van der Waals surface area contributed by atoms with Crippen molar-refractivity contribution < 1.29 is 9.53 Å². The maximum absolute atomic E-state index is 13.3. The third kappa shape index (κ3) is 4.25. The summed E-state index contributed by atoms with van der Waals surface area (Å²) in [6.07, 6.45) is 5.50. The summed E-state index contributed by atoms with van der Waals surface area (Å²) < 4.78 is 5.03. The van der Waals surface area contributed by atoms with E-state index >= 15 is 0 Å². The second-order valence-corrected chi connectivity index (χ2v) is 7.53. The van der Waals surface area contributed by atoms with E-state index < -0.39 is 0 Å². The summed E-state index contributed by atoms with van der Waals surface area (Å²) >= 11 is 0. The molecule has 0 aliphatic carbocycles. The van der Waals surface area contributed by atoms with Crippen LogP contribution in [0.2, 0.25) is 0 Å². The fourth-order valence-electron chi connectivity index (χ4n) is 3.57. The molecule has 1 aliphatic rings. The van der Waals surface area contributed by atoms with Crippen LogP contribution in [0.4, 0.5) is 22.1 Å². The fourth-order valence-corrected chi connectivity index (χ4v) is 3.57. The molecule has 0 saturated carbocycles. The zero-order chi connectivity index (χ0) is 22.0. The van der Waals surface area contributed by atoms with Crippen LogP contribution in [0.5, 0.6) is 5.88 Å². The molecule has 0 saturated heterocycles. The Kier molecular flexibility index (Phi) is 5.66. The van der Waals surface area contributed by atoms with E-state index in [9.17, 15) is 4.79 Å². The van der Waals surface area contributed by atoms with Gasteiger partial charge in [-0.2, -0.15) is 0 Å². The largest absolute Gasteiger partial charge is 0.480 e. The molecule has 1 aliphatic heterocycles. The number of anilines is 3. The van der Waals surface area contributed by atoms with Crippen molar-refractivity contribution in [1.29, 1.82) is 0 Å². The van der Waals surface area contributed by atoms with Crippen LogP contribution in [0.25, 0.3) is 11.3 Å². The molecule has 4 rings (SSSR count). The van der Waals surface area contributed by atoms with E-state index in [1.54, 1.807) is 11.1 Å². The lowest BCUT2D eigenvalue weighted by Gasteiger charge is -2.27. The molecule has 0 spiro atoms. The molecule has 3 aromatic heterocycles. The number of urea groups is 1. The predicted molar refractivity (Wildman–Crippen MR) is 120 cm³/mol. The highest BCUT2D eigenvalue weighted by atomic mass is 16.5. The Morgan fingerprint density at radius 3 is 2.74 bits per heavy atom. The van der Waals surface area contributed by atoms with Gasteiger partial charge in [-0.25, -0.2) is 19.7 Å². The van der Waals surface area contributed by atoms with Gasteiger partial charge >= 0.3 is 6.03 Å². The van der Waals surface area contributed by atoms with Gasteiger partial charge in [0.15, 0.2) is 11.6 Å². The quantitative estimate of drug-likeness (QED) is 0.694. The first-order valence-electron chi connectivity index (χ1n) is 10.1. The van der Waals surface area contributed by atoms with Crippen LogP contribution in [0.1, 0.15) is 19.0 Å². The Balaban J connectivity index is 1.72. The summed E-state index contributed by atoms with van der Waals surface area (Å²) in [5.74, 6) is 1.34. The molecule has 9 nitrogen and oxygen atoms in total. The first kappa shape index (κ1) is 20.5. The Morgan fingerprint density at radius 2 is 2.03 bits per heavy atom. The molecule has 9 heteroatoms. The Labute approximate surface area is 181 Å². The Morgan fingerprint density at radius 1 is 1.19 bits per heavy atom. The second kappa shape index (κ2) is 8.55. The lowest BCUT2D eigenvalue weighted by Crippen LogP contribution is -2.42. The molecule has 31 heavy (non-hydrogen) atoms. The number of ether oxygens (including phenoxy) is 1. The van der Waals surface area contributed by atoms with Gasteiger partial charge in [-0.1, -0.05) is 0 Å². The highest BCUT2D eigenvalue weighted by Gasteiger charge is 2.30. The van der Waals surface area contributed by atoms with Crippen LogP contribution in [0.3, 0.4) is 0 Å². The molecule has 1 N–H and O–H groups in total. The minimum atomic E-state index is -0.306. The average Bonchev–Trinajstić information content (AvgIpc) is 2.90. The average molecular weight is 419 g/mol. The monoisotopic (exact) mass is 419 g/mol. The van der Waals surface area contributed by atoms with Crippen LogP contribution in [0, 0.1) is 6.92 Å². The summed E-state index contributed by atoms with van der Waals surface area (Å²) in [5.41, 5.74) is 3.55. The fraction of sp³-hybridized carbons (Fsp3) is 0.318. The van der Waals surface area contributed by atoms with Crippen molar-refractivity contribution in [1.82, 2.24) is 19.9 Å². The van der Waals surface area contributed by atoms with E-state index in [1.165, 1.54) is 19.5 Å². The minimum absolute atomic E-state index is 0.0585. The van der Waals surface area contributed by atoms with Gasteiger partial charge in [-0.05, 0) is 44.5 Å². The zero-order valence-corrected chi connectivity index (χ0v) is 18.0. The number of aryl methyl sites for hydroxylation is 1. The number of rotatable bonds is 3. The Hall–Kier alpha value is -3.75. The normalized spacial score (nSPS) is 15.8. The number of carbonyl (C=O) groups excluding carboxylic acids is 1. The number of nitrogens with one attached hydrogen (secondary N) is 1. The van der Waals surface area contributed by atoms with E-state index in [0.717, 1.165) is 35.6 Å². The molecule has 0 bridgehead atoms. The van der Waals surface area contributed by atoms with E-state index in [4.69, 9.17) is 9.72 Å². The van der Waals surface area contributed by atoms with Crippen molar-refractivity contribution in [3.63, 3.8) is 0 Å². The molecule has 4 heterocycles. The first-order valence-corrected chi connectivity index (χ1v) is 10.1. The highest BCUT2D eigenvalue weighted by Crippen LogP contribution is 2.35. The summed E-state index contributed by atoms with van der Waals surface area (Å²) in [7, 11) is 3.53. The van der Waals surface area contributed by atoms with Gasteiger partial charge in [0, 0.05) is 37.1 Å². The first-order chi connectivity index (χ1) is 15.0. The van der Waals surface area contributed by atoms with Gasteiger partial charge in [0.25, 0.3) is 0 Å². The summed E-state index contributed by atoms with van der Waals surface area (Å²) in [6, 6.07) is 7.53. The molecule has 0 radical (unpaired) electrons. The van der Waals surface area contributed by atoms with Crippen LogP contribution in [-0.2, 0) is 0 Å². The molecule has 0 unspecified atom stereocenters. The molecular formula is C22H25N7O2. The SMILES string of the molecule is COc1cnc(NC(=O)N2c3nc(-c4ccnc(C)c4)ccc3N(C)CC[C@H]2C)cn1. The number of aromatic nitrogens is 4. The number of hydrogen-bond donors (Lipinski definition) is 1. The number of methoxy groups -OCH3 is 1. The van der Waals surface area contributed by atoms with Gasteiger partial charge in [-0.3, -0.25) is 15.2 Å². The topological polar surface area (TPSA) is 96.4 Å². The van der Waals surface area contributed by atoms with E-state index in [1.807, 2.05) is 45.2 Å². The van der Waals surface area contributed by atoms with Crippen molar-refractivity contribution in [2.24, 2.45) is 0 Å². The smallest absolute Gasteiger partial charge is 0.329 e. The van der Waals surface area contributed by atoms with Gasteiger partial charge < -0.3 is 9.64 Å². The molecule has 1 atom stereocenters. The lowest BCUT2D eigenvalue weighted by molar-refractivity contribution is 0.255. The minimum Gasteiger partial charge on any atom is -0.480 e. The van der Waals surface area contributed by atoms with Crippen molar-refractivity contribution in [2.45, 2.75) is 26.3 Å². The number of fused-ring (bicyclic) bond motifs is 1. The second-order valence-electron chi connectivity index (χ2n) is 7.53. The van der Waals surface area contributed by atoms with Gasteiger partial charge in [0.2, 0.25) is 5.88 Å². The third-order valence-corrected chi connectivity index (χ3v) is 5.30. The van der Waals surface area contributed by atoms with Crippen molar-refractivity contribution in [3.8, 4) is 17.1 Å². The number of nitrogens with zero attached hydrogens (tertiary/aromatic N) is 6. The van der Waals surface area contributed by atoms with Crippen LogP contribution >= 0.6 is 0 Å². The van der Waals surface area contributed by atoms with Gasteiger partial charge in [0.05, 0.1) is 30.9 Å². The summed E-state index contributed by atoms with van der Waals surface area (Å²) in [5, 5.41) is 2.83. The molecule has 2 amide bonds. The Bertz CT molecular complexity index is 1090. The third-order valence-electron chi connectivity index (χ3n) is 5.30. The van der Waals surface area contributed by atoms with Crippen LogP contribution in [-0.4, -0.2) is 52.7 Å². The standard InChI is InChI=1S/C22H25N7O2/c1-14-11-16(7-9-23-14)17-5-6-18-21(26-17)29(15(2)8-10-28(18)3)22(30)27-19-12-25-20(31-4)13-24-19/h5-7,9,11-13,15H,8,10H2,1-4H3,(H,24,27,30)/t15-/m1/s1. The van der Waals surface area contributed by atoms with E-state index in [-0.39, 0.29) is 12.1 Å². The lowest BCUT2D eigenvalue weighted by atomic mass is 10.1. The predicted octanol–water partition coefficient (Wildman–Crippen LogP) is 3.52. The maximum atomic E-state index is 13.3. The molecule has 0 fully saturated rings. The zero-order valence-electron chi connectivity index (χ0n) is 18.0.